The number of terminal acetylenes is 1. The van der Waals surface area contributed by atoms with Crippen LogP contribution in [0.1, 0.15) is 26.7 Å². The largest absolute Gasteiger partial charge is 0.403 e. The molecule has 0 aromatic rings. The van der Waals surface area contributed by atoms with Crippen LogP contribution >= 0.6 is 0 Å². The quantitative estimate of drug-likeness (QED) is 0.705. The number of amides is 1. The molecule has 5 heteroatoms. The van der Waals surface area contributed by atoms with E-state index < -0.39 is 23.0 Å². The highest BCUT2D eigenvalue weighted by atomic mass is 19.4. The van der Waals surface area contributed by atoms with Gasteiger partial charge in [-0.15, -0.1) is 6.42 Å². The molecule has 0 atom stereocenters. The Morgan fingerprint density at radius 1 is 1.40 bits per heavy atom. The van der Waals surface area contributed by atoms with Crippen LogP contribution in [0.4, 0.5) is 13.2 Å². The fourth-order valence-electron chi connectivity index (χ4n) is 1.20. The molecule has 0 aromatic carbocycles. The zero-order valence-corrected chi connectivity index (χ0v) is 8.53. The zero-order chi connectivity index (χ0) is 11.9. The van der Waals surface area contributed by atoms with E-state index in [0.717, 1.165) is 0 Å². The Morgan fingerprint density at radius 2 is 1.87 bits per heavy atom. The Labute approximate surface area is 86.2 Å². The van der Waals surface area contributed by atoms with E-state index in [4.69, 9.17) is 6.42 Å². The molecule has 84 valence electrons. The maximum absolute atomic E-state index is 12.5. The van der Waals surface area contributed by atoms with Crippen molar-refractivity contribution in [1.82, 2.24) is 5.32 Å². The normalized spacial score (nSPS) is 19.2. The van der Waals surface area contributed by atoms with Crippen LogP contribution < -0.4 is 5.32 Å². The summed E-state index contributed by atoms with van der Waals surface area (Å²) >= 11 is 0. The molecular weight excluding hydrogens is 207 g/mol. The van der Waals surface area contributed by atoms with E-state index in [-0.39, 0.29) is 12.8 Å². The van der Waals surface area contributed by atoms with E-state index in [2.05, 4.69) is 11.2 Å². The van der Waals surface area contributed by atoms with Gasteiger partial charge in [-0.05, 0) is 26.7 Å². The van der Waals surface area contributed by atoms with E-state index in [1.807, 2.05) is 0 Å². The highest BCUT2D eigenvalue weighted by molar-refractivity contribution is 5.87. The minimum Gasteiger partial charge on any atom is -0.340 e. The van der Waals surface area contributed by atoms with Crippen molar-refractivity contribution in [1.29, 1.82) is 0 Å². The van der Waals surface area contributed by atoms with Crippen molar-refractivity contribution in [2.24, 2.45) is 5.41 Å². The van der Waals surface area contributed by atoms with Crippen LogP contribution in [0.15, 0.2) is 0 Å². The van der Waals surface area contributed by atoms with Gasteiger partial charge in [0.25, 0.3) is 0 Å². The van der Waals surface area contributed by atoms with E-state index in [0.29, 0.717) is 0 Å². The number of alkyl halides is 3. The summed E-state index contributed by atoms with van der Waals surface area (Å²) in [5.74, 6) is 1.21. The summed E-state index contributed by atoms with van der Waals surface area (Å²) < 4.78 is 37.5. The van der Waals surface area contributed by atoms with Crippen molar-refractivity contribution in [3.63, 3.8) is 0 Å². The lowest BCUT2D eigenvalue weighted by atomic mass is 10.0. The van der Waals surface area contributed by atoms with Crippen molar-refractivity contribution in [3.05, 3.63) is 0 Å². The molecule has 0 aromatic heterocycles. The van der Waals surface area contributed by atoms with E-state index in [1.54, 1.807) is 0 Å². The monoisotopic (exact) mass is 219 g/mol. The third-order valence-electron chi connectivity index (χ3n) is 2.51. The molecule has 1 rings (SSSR count). The molecule has 0 spiro atoms. The first-order valence-corrected chi connectivity index (χ1v) is 4.52. The molecule has 1 saturated carbocycles. The van der Waals surface area contributed by atoms with Crippen LogP contribution in [0, 0.1) is 17.8 Å². The number of carbonyl (C=O) groups is 1. The average molecular weight is 219 g/mol. The predicted octanol–water partition coefficient (Wildman–Crippen LogP) is 1.86. The van der Waals surface area contributed by atoms with Gasteiger partial charge in [0.05, 0.1) is 5.54 Å². The highest BCUT2D eigenvalue weighted by Crippen LogP contribution is 2.57. The Kier molecular flexibility index (Phi) is 2.50. The fraction of sp³-hybridized carbons (Fsp3) is 0.700. The molecule has 1 amide bonds. The summed E-state index contributed by atoms with van der Waals surface area (Å²) in [6.07, 6.45) is 0.297. The summed E-state index contributed by atoms with van der Waals surface area (Å²) in [5.41, 5.74) is -3.24. The number of nitrogens with one attached hydrogen (secondary N) is 1. The maximum Gasteiger partial charge on any atom is 0.403 e. The Bertz CT molecular complexity index is 321. The number of hydrogen-bond donors (Lipinski definition) is 1. The molecule has 1 aliphatic carbocycles. The predicted molar refractivity (Wildman–Crippen MR) is 48.8 cm³/mol. The third-order valence-corrected chi connectivity index (χ3v) is 2.51. The van der Waals surface area contributed by atoms with Crippen molar-refractivity contribution in [2.45, 2.75) is 38.4 Å². The second-order valence-corrected chi connectivity index (χ2v) is 4.30. The second-order valence-electron chi connectivity index (χ2n) is 4.30. The Morgan fingerprint density at radius 3 is 2.13 bits per heavy atom. The smallest absolute Gasteiger partial charge is 0.340 e. The standard InChI is InChI=1S/C10H12F3NO/c1-4-8(2,3)14-7(15)9(5-6-9)10(11,12)13/h1H,5-6H2,2-3H3,(H,14,15). The molecule has 0 bridgehead atoms. The van der Waals surface area contributed by atoms with E-state index in [9.17, 15) is 18.0 Å². The van der Waals surface area contributed by atoms with Gasteiger partial charge in [-0.3, -0.25) is 4.79 Å². The van der Waals surface area contributed by atoms with Gasteiger partial charge in [0, 0.05) is 0 Å². The molecule has 0 heterocycles. The molecule has 0 unspecified atom stereocenters. The average Bonchev–Trinajstić information content (AvgIpc) is 2.81. The van der Waals surface area contributed by atoms with Gasteiger partial charge in [0.1, 0.15) is 5.41 Å². The number of rotatable bonds is 2. The molecular formula is C10H12F3NO. The lowest BCUT2D eigenvalue weighted by Crippen LogP contribution is -2.49. The molecule has 0 saturated heterocycles. The van der Waals surface area contributed by atoms with Crippen LogP contribution in [0.25, 0.3) is 0 Å². The molecule has 1 fully saturated rings. The van der Waals surface area contributed by atoms with E-state index in [1.165, 1.54) is 13.8 Å². The summed E-state index contributed by atoms with van der Waals surface area (Å²) in [5, 5.41) is 2.22. The topological polar surface area (TPSA) is 29.1 Å². The van der Waals surface area contributed by atoms with Crippen LogP contribution in [-0.4, -0.2) is 17.6 Å². The summed E-state index contributed by atoms with van der Waals surface area (Å²) in [4.78, 5) is 11.4. The van der Waals surface area contributed by atoms with E-state index >= 15 is 0 Å². The molecule has 1 aliphatic rings. The number of halogens is 3. The van der Waals surface area contributed by atoms with Gasteiger partial charge in [0.15, 0.2) is 0 Å². The van der Waals surface area contributed by atoms with Gasteiger partial charge in [-0.2, -0.15) is 13.2 Å². The minimum atomic E-state index is -4.48. The third kappa shape index (κ3) is 2.09. The molecule has 1 N–H and O–H groups in total. The van der Waals surface area contributed by atoms with Crippen molar-refractivity contribution in [2.75, 3.05) is 0 Å². The summed E-state index contributed by atoms with van der Waals surface area (Å²) in [7, 11) is 0. The Hall–Kier alpha value is -1.18. The highest BCUT2D eigenvalue weighted by Gasteiger charge is 2.68. The lowest BCUT2D eigenvalue weighted by molar-refractivity contribution is -0.192. The molecule has 0 radical (unpaired) electrons. The van der Waals surface area contributed by atoms with Crippen molar-refractivity contribution in [3.8, 4) is 12.3 Å². The van der Waals surface area contributed by atoms with Crippen molar-refractivity contribution < 1.29 is 18.0 Å². The molecule has 15 heavy (non-hydrogen) atoms. The maximum atomic E-state index is 12.5. The molecule has 0 aliphatic heterocycles. The van der Waals surface area contributed by atoms with Crippen LogP contribution in [0.5, 0.6) is 0 Å². The van der Waals surface area contributed by atoms with Gasteiger partial charge in [0.2, 0.25) is 5.91 Å². The van der Waals surface area contributed by atoms with Crippen LogP contribution in [0.2, 0.25) is 0 Å². The van der Waals surface area contributed by atoms with Crippen LogP contribution in [-0.2, 0) is 4.79 Å². The fourth-order valence-corrected chi connectivity index (χ4v) is 1.20. The summed E-state index contributed by atoms with van der Waals surface area (Å²) in [6.45, 7) is 2.97. The summed E-state index contributed by atoms with van der Waals surface area (Å²) in [6, 6.07) is 0. The second kappa shape index (κ2) is 3.16. The van der Waals surface area contributed by atoms with Gasteiger partial charge < -0.3 is 5.32 Å². The van der Waals surface area contributed by atoms with Gasteiger partial charge in [-0.25, -0.2) is 0 Å². The first-order chi connectivity index (χ1) is 6.65. The Balaban J connectivity index is 2.76. The van der Waals surface area contributed by atoms with Crippen molar-refractivity contribution >= 4 is 5.91 Å². The SMILES string of the molecule is C#CC(C)(C)NC(=O)C1(C(F)(F)F)CC1. The first kappa shape index (κ1) is 11.9. The number of hydrogen-bond acceptors (Lipinski definition) is 1. The molecule has 2 nitrogen and oxygen atoms in total. The van der Waals surface area contributed by atoms with Gasteiger partial charge in [-0.1, -0.05) is 5.92 Å². The zero-order valence-electron chi connectivity index (χ0n) is 8.53. The van der Waals surface area contributed by atoms with Crippen LogP contribution in [0.3, 0.4) is 0 Å². The lowest BCUT2D eigenvalue weighted by Gasteiger charge is -2.25. The first-order valence-electron chi connectivity index (χ1n) is 4.52. The minimum absolute atomic E-state index is 0.150. The van der Waals surface area contributed by atoms with Gasteiger partial charge >= 0.3 is 6.18 Å². The number of carbonyl (C=O) groups excluding carboxylic acids is 1.